The smallest absolute Gasteiger partial charge is 0.141 e. The fourth-order valence-electron chi connectivity index (χ4n) is 4.32. The minimum Gasteiger partial charge on any atom is -0.346 e. The quantitative estimate of drug-likeness (QED) is 0.200. The normalized spacial score (nSPS) is 12.4. The number of nitrogens with one attached hydrogen (secondary N) is 2. The molecular weight excluding hydrogens is 541 g/mol. The number of aromatic amines is 2. The van der Waals surface area contributed by atoms with Crippen LogP contribution in [0.2, 0.25) is 0 Å². The zero-order valence-corrected chi connectivity index (χ0v) is 23.6. The van der Waals surface area contributed by atoms with Gasteiger partial charge in [-0.05, 0) is 25.0 Å². The Bertz CT molecular complexity index is 1670. The minimum absolute atomic E-state index is 0.123. The third-order valence-electron chi connectivity index (χ3n) is 6.28. The van der Waals surface area contributed by atoms with Crippen LogP contribution in [-0.4, -0.2) is 39.9 Å². The molecule has 0 aromatic carbocycles. The summed E-state index contributed by atoms with van der Waals surface area (Å²) >= 11 is 3.08. The van der Waals surface area contributed by atoms with Crippen LogP contribution in [0, 0.1) is 22.7 Å². The van der Waals surface area contributed by atoms with E-state index in [1.807, 2.05) is 24.5 Å². The zero-order valence-electron chi connectivity index (χ0n) is 22.0. The molecule has 0 saturated carbocycles. The van der Waals surface area contributed by atoms with Crippen molar-refractivity contribution in [2.45, 2.75) is 51.4 Å². The fraction of sp³-hybridized carbons (Fsp3) is 0.286. The maximum absolute atomic E-state index is 9.22. The Hall–Kier alpha value is -4.52. The molecular formula is C28H26N10S2. The van der Waals surface area contributed by atoms with Crippen LogP contribution in [0.15, 0.2) is 49.6 Å². The van der Waals surface area contributed by atoms with Gasteiger partial charge in [0.2, 0.25) is 0 Å². The van der Waals surface area contributed by atoms with Crippen molar-refractivity contribution >= 4 is 44.7 Å². The lowest BCUT2D eigenvalue weighted by Gasteiger charge is -2.01. The van der Waals surface area contributed by atoms with Gasteiger partial charge in [-0.2, -0.15) is 10.5 Å². The maximum Gasteiger partial charge on any atom is 0.141 e. The molecule has 6 rings (SSSR count). The molecule has 200 valence electrons. The maximum atomic E-state index is 9.22. The van der Waals surface area contributed by atoms with Crippen LogP contribution >= 0.6 is 22.7 Å². The highest BCUT2D eigenvalue weighted by Gasteiger charge is 2.18. The van der Waals surface area contributed by atoms with E-state index in [-0.39, 0.29) is 11.8 Å². The zero-order chi connectivity index (χ0) is 27.9. The van der Waals surface area contributed by atoms with Gasteiger partial charge in [-0.15, -0.1) is 22.7 Å². The van der Waals surface area contributed by atoms with E-state index in [0.29, 0.717) is 0 Å². The Labute approximate surface area is 238 Å². The number of nitriles is 2. The van der Waals surface area contributed by atoms with Crippen molar-refractivity contribution in [3.8, 4) is 33.3 Å². The van der Waals surface area contributed by atoms with Gasteiger partial charge in [-0.25, -0.2) is 29.9 Å². The van der Waals surface area contributed by atoms with Gasteiger partial charge in [0, 0.05) is 35.6 Å². The number of fused-ring (bicyclic) bond motifs is 2. The number of nitrogens with zero attached hydrogens (tertiary/aromatic N) is 8. The number of rotatable bonds is 8. The molecule has 0 aliphatic rings. The number of hydrogen-bond acceptors (Lipinski definition) is 10. The van der Waals surface area contributed by atoms with Gasteiger partial charge in [0.05, 0.1) is 45.1 Å². The first-order valence-electron chi connectivity index (χ1n) is 12.9. The lowest BCUT2D eigenvalue weighted by Crippen LogP contribution is -1.93. The van der Waals surface area contributed by atoms with Gasteiger partial charge in [0.1, 0.15) is 34.0 Å². The molecule has 6 heterocycles. The predicted octanol–water partition coefficient (Wildman–Crippen LogP) is 6.98. The summed E-state index contributed by atoms with van der Waals surface area (Å²) in [6.45, 7) is 4.15. The molecule has 0 fully saturated rings. The summed E-state index contributed by atoms with van der Waals surface area (Å²) in [5, 5.41) is 22.1. The van der Waals surface area contributed by atoms with Gasteiger partial charge in [0.15, 0.2) is 0 Å². The molecule has 0 aliphatic carbocycles. The van der Waals surface area contributed by atoms with Crippen LogP contribution in [-0.2, 0) is 0 Å². The Morgan fingerprint density at radius 3 is 1.55 bits per heavy atom. The van der Waals surface area contributed by atoms with E-state index in [2.05, 4.69) is 65.9 Å². The highest BCUT2D eigenvalue weighted by molar-refractivity contribution is 7.15. The van der Waals surface area contributed by atoms with E-state index in [9.17, 15) is 10.5 Å². The van der Waals surface area contributed by atoms with E-state index >= 15 is 0 Å². The van der Waals surface area contributed by atoms with Gasteiger partial charge in [-0.1, -0.05) is 26.7 Å². The molecule has 10 nitrogen and oxygen atoms in total. The highest BCUT2D eigenvalue weighted by Crippen LogP contribution is 2.34. The first-order chi connectivity index (χ1) is 19.7. The summed E-state index contributed by atoms with van der Waals surface area (Å²) in [6, 6.07) is 8.56. The van der Waals surface area contributed by atoms with E-state index < -0.39 is 0 Å². The Kier molecular flexibility index (Phi) is 8.50. The van der Waals surface area contributed by atoms with Crippen LogP contribution in [0.3, 0.4) is 0 Å². The lowest BCUT2D eigenvalue weighted by atomic mass is 10.1. The van der Waals surface area contributed by atoms with Crippen molar-refractivity contribution in [3.63, 3.8) is 0 Å². The van der Waals surface area contributed by atoms with E-state index in [0.717, 1.165) is 78.9 Å². The highest BCUT2D eigenvalue weighted by atomic mass is 32.1. The molecule has 0 bridgehead atoms. The molecule has 12 heteroatoms. The Morgan fingerprint density at radius 1 is 0.700 bits per heavy atom. The SMILES string of the molecule is CCCC(C#N)c1ncc(-c2ncnc3[nH]ccc23)s1.CCC[C@@H](C#N)c1ncc(-c2ncnc3[nH]ccc23)s1. The Balaban J connectivity index is 0.000000161. The molecule has 6 aromatic heterocycles. The standard InChI is InChI=1S/2C14H13N5S/c2*1-2-3-9(6-15)14-17-7-11(20-14)12-10-4-5-16-13(10)19-8-18-12/h2*4-5,7-9H,2-3H2,1H3,(H,16,18,19)/t9-;/m0./s1. The second-order valence-corrected chi connectivity index (χ2v) is 11.1. The third-order valence-corrected chi connectivity index (χ3v) is 8.52. The molecule has 0 saturated heterocycles. The molecule has 1 unspecified atom stereocenters. The van der Waals surface area contributed by atoms with Crippen LogP contribution in [0.1, 0.15) is 61.4 Å². The first-order valence-corrected chi connectivity index (χ1v) is 14.6. The van der Waals surface area contributed by atoms with Gasteiger partial charge < -0.3 is 9.97 Å². The Morgan fingerprint density at radius 2 is 1.15 bits per heavy atom. The summed E-state index contributed by atoms with van der Waals surface area (Å²) in [4.78, 5) is 34.0. The van der Waals surface area contributed by atoms with Crippen molar-refractivity contribution in [2.75, 3.05) is 0 Å². The molecule has 0 spiro atoms. The van der Waals surface area contributed by atoms with Crippen LogP contribution in [0.5, 0.6) is 0 Å². The molecule has 2 N–H and O–H groups in total. The van der Waals surface area contributed by atoms with Crippen LogP contribution < -0.4 is 0 Å². The summed E-state index contributed by atoms with van der Waals surface area (Å²) in [6.07, 6.45) is 14.0. The van der Waals surface area contributed by atoms with Crippen molar-refractivity contribution in [2.24, 2.45) is 0 Å². The molecule has 2 atom stereocenters. The second kappa shape index (κ2) is 12.6. The van der Waals surface area contributed by atoms with Crippen molar-refractivity contribution in [1.29, 1.82) is 10.5 Å². The summed E-state index contributed by atoms with van der Waals surface area (Å²) < 4.78 is 0. The average Bonchev–Trinajstić information content (AvgIpc) is 3.80. The first kappa shape index (κ1) is 27.1. The molecule has 6 aromatic rings. The predicted molar refractivity (Wildman–Crippen MR) is 157 cm³/mol. The van der Waals surface area contributed by atoms with E-state index in [1.165, 1.54) is 22.7 Å². The molecule has 0 amide bonds. The van der Waals surface area contributed by atoms with Crippen molar-refractivity contribution in [1.82, 2.24) is 39.9 Å². The fourth-order valence-corrected chi connectivity index (χ4v) is 6.33. The second-order valence-electron chi connectivity index (χ2n) is 8.99. The minimum atomic E-state index is -0.123. The van der Waals surface area contributed by atoms with Gasteiger partial charge >= 0.3 is 0 Å². The monoisotopic (exact) mass is 566 g/mol. The third kappa shape index (κ3) is 5.59. The number of hydrogen-bond donors (Lipinski definition) is 2. The van der Waals surface area contributed by atoms with Gasteiger partial charge in [0.25, 0.3) is 0 Å². The summed E-state index contributed by atoms with van der Waals surface area (Å²) in [5.74, 6) is -0.246. The van der Waals surface area contributed by atoms with Crippen LogP contribution in [0.4, 0.5) is 0 Å². The lowest BCUT2D eigenvalue weighted by molar-refractivity contribution is 0.722. The average molecular weight is 567 g/mol. The summed E-state index contributed by atoms with van der Waals surface area (Å²) in [7, 11) is 0. The van der Waals surface area contributed by atoms with E-state index in [4.69, 9.17) is 0 Å². The van der Waals surface area contributed by atoms with Crippen LogP contribution in [0.25, 0.3) is 43.2 Å². The van der Waals surface area contributed by atoms with Crippen molar-refractivity contribution in [3.05, 3.63) is 59.6 Å². The topological polar surface area (TPSA) is 156 Å². The number of thiazole rings is 2. The number of H-pyrrole nitrogens is 2. The van der Waals surface area contributed by atoms with Gasteiger partial charge in [-0.3, -0.25) is 0 Å². The van der Waals surface area contributed by atoms with E-state index in [1.54, 1.807) is 25.0 Å². The van der Waals surface area contributed by atoms with Crippen molar-refractivity contribution < 1.29 is 0 Å². The molecule has 0 radical (unpaired) electrons. The number of aromatic nitrogens is 8. The molecule has 40 heavy (non-hydrogen) atoms. The summed E-state index contributed by atoms with van der Waals surface area (Å²) in [5.41, 5.74) is 3.37. The largest absolute Gasteiger partial charge is 0.346 e. The molecule has 0 aliphatic heterocycles.